The summed E-state index contributed by atoms with van der Waals surface area (Å²) in [7, 11) is -2.22. The zero-order valence-corrected chi connectivity index (χ0v) is 15.9. The van der Waals surface area contributed by atoms with E-state index in [0.29, 0.717) is 12.5 Å². The monoisotopic (exact) mass is 378 g/mol. The standard InChI is InChI=1S/C16H22N6O3S/c1-4-6-9-22-12-13(18-15(22)21-10-7-17-8-11-21)19-16(20(3)14(12)23)26(24,25)5-2/h17H,5,7-11H2,1-3H3. The summed E-state index contributed by atoms with van der Waals surface area (Å²) in [6.45, 7) is 6.64. The number of rotatable bonds is 4. The molecule has 0 spiro atoms. The molecule has 0 unspecified atom stereocenters. The van der Waals surface area contributed by atoms with Gasteiger partial charge in [-0.25, -0.2) is 8.42 Å². The zero-order valence-electron chi connectivity index (χ0n) is 15.1. The van der Waals surface area contributed by atoms with Crippen LogP contribution in [0.25, 0.3) is 11.2 Å². The Kier molecular flexibility index (Phi) is 5.02. The van der Waals surface area contributed by atoms with Crippen molar-refractivity contribution in [2.24, 2.45) is 7.05 Å². The van der Waals surface area contributed by atoms with Gasteiger partial charge in [-0.05, 0) is 6.92 Å². The molecule has 10 heteroatoms. The molecule has 9 nitrogen and oxygen atoms in total. The molecule has 140 valence electrons. The molecule has 2 aromatic rings. The van der Waals surface area contributed by atoms with Gasteiger partial charge in [-0.1, -0.05) is 12.8 Å². The molecule has 1 N–H and O–H groups in total. The van der Waals surface area contributed by atoms with Crippen molar-refractivity contribution in [3.8, 4) is 11.8 Å². The van der Waals surface area contributed by atoms with Crippen LogP contribution in [-0.4, -0.2) is 59.5 Å². The van der Waals surface area contributed by atoms with Crippen LogP contribution >= 0.6 is 0 Å². The van der Waals surface area contributed by atoms with E-state index in [2.05, 4.69) is 32.0 Å². The summed E-state index contributed by atoms with van der Waals surface area (Å²) in [6.07, 6.45) is 0. The van der Waals surface area contributed by atoms with Crippen molar-refractivity contribution in [2.75, 3.05) is 36.8 Å². The molecule has 1 fully saturated rings. The molecular formula is C16H22N6O3S. The number of piperazine rings is 1. The Morgan fingerprint density at radius 2 is 1.92 bits per heavy atom. The molecule has 2 aromatic heterocycles. The molecule has 1 aliphatic rings. The quantitative estimate of drug-likeness (QED) is 0.557. The van der Waals surface area contributed by atoms with E-state index in [1.54, 1.807) is 11.5 Å². The second-order valence-electron chi connectivity index (χ2n) is 6.00. The van der Waals surface area contributed by atoms with Gasteiger partial charge in [-0.15, -0.1) is 5.92 Å². The SMILES string of the molecule is CC#CCn1c(N2CCNCC2)nc2nc(S(=O)(=O)CC)n(C)c(=O)c21. The fourth-order valence-electron chi connectivity index (χ4n) is 2.95. The van der Waals surface area contributed by atoms with Gasteiger partial charge in [0.2, 0.25) is 20.9 Å². The van der Waals surface area contributed by atoms with E-state index in [-0.39, 0.29) is 22.1 Å². The molecule has 3 heterocycles. The van der Waals surface area contributed by atoms with E-state index in [9.17, 15) is 13.2 Å². The Labute approximate surface area is 152 Å². The lowest BCUT2D eigenvalue weighted by Crippen LogP contribution is -2.44. The summed E-state index contributed by atoms with van der Waals surface area (Å²) < 4.78 is 27.4. The van der Waals surface area contributed by atoms with Gasteiger partial charge in [0, 0.05) is 33.2 Å². The highest BCUT2D eigenvalue weighted by Gasteiger charge is 2.26. The number of aromatic nitrogens is 4. The fourth-order valence-corrected chi connectivity index (χ4v) is 3.93. The van der Waals surface area contributed by atoms with Crippen molar-refractivity contribution in [1.82, 2.24) is 24.4 Å². The third-order valence-electron chi connectivity index (χ3n) is 4.40. The first-order valence-electron chi connectivity index (χ1n) is 8.46. The van der Waals surface area contributed by atoms with Crippen molar-refractivity contribution in [3.63, 3.8) is 0 Å². The summed E-state index contributed by atoms with van der Waals surface area (Å²) in [4.78, 5) is 23.7. The lowest BCUT2D eigenvalue weighted by molar-refractivity contribution is 0.571. The van der Waals surface area contributed by atoms with Crippen LogP contribution in [-0.2, 0) is 23.4 Å². The van der Waals surface area contributed by atoms with Gasteiger partial charge in [-0.3, -0.25) is 13.9 Å². The van der Waals surface area contributed by atoms with Crippen LogP contribution in [0.1, 0.15) is 13.8 Å². The number of nitrogens with zero attached hydrogens (tertiary/aromatic N) is 5. The molecule has 0 aliphatic carbocycles. The number of hydrogen-bond acceptors (Lipinski definition) is 7. The topological polar surface area (TPSA) is 102 Å². The molecular weight excluding hydrogens is 356 g/mol. The van der Waals surface area contributed by atoms with Gasteiger partial charge >= 0.3 is 0 Å². The Balaban J connectivity index is 2.29. The van der Waals surface area contributed by atoms with E-state index in [4.69, 9.17) is 0 Å². The predicted octanol–water partition coefficient (Wildman–Crippen LogP) is -0.643. The summed E-state index contributed by atoms with van der Waals surface area (Å²) in [5.74, 6) is 6.25. The zero-order chi connectivity index (χ0) is 18.9. The fraction of sp³-hybridized carbons (Fsp3) is 0.562. The second-order valence-corrected chi connectivity index (χ2v) is 8.17. The Morgan fingerprint density at radius 1 is 1.23 bits per heavy atom. The predicted molar refractivity (Wildman–Crippen MR) is 99.0 cm³/mol. The molecule has 0 radical (unpaired) electrons. The van der Waals surface area contributed by atoms with Crippen LogP contribution in [0.3, 0.4) is 0 Å². The smallest absolute Gasteiger partial charge is 0.280 e. The molecule has 0 bridgehead atoms. The van der Waals surface area contributed by atoms with E-state index in [0.717, 1.165) is 30.7 Å². The highest BCUT2D eigenvalue weighted by Crippen LogP contribution is 2.21. The molecule has 0 aromatic carbocycles. The first-order chi connectivity index (χ1) is 12.4. The second kappa shape index (κ2) is 7.09. The average Bonchev–Trinajstić information content (AvgIpc) is 3.02. The molecule has 3 rings (SSSR count). The van der Waals surface area contributed by atoms with Crippen molar-refractivity contribution in [1.29, 1.82) is 0 Å². The summed E-state index contributed by atoms with van der Waals surface area (Å²) in [5, 5.41) is 3.02. The Morgan fingerprint density at radius 3 is 2.54 bits per heavy atom. The molecule has 0 saturated carbocycles. The minimum Gasteiger partial charge on any atom is -0.340 e. The van der Waals surface area contributed by atoms with Crippen LogP contribution in [0.2, 0.25) is 0 Å². The highest BCUT2D eigenvalue weighted by molar-refractivity contribution is 7.91. The van der Waals surface area contributed by atoms with Gasteiger partial charge in [0.25, 0.3) is 5.56 Å². The van der Waals surface area contributed by atoms with Crippen LogP contribution in [0.5, 0.6) is 0 Å². The van der Waals surface area contributed by atoms with Gasteiger partial charge in [0.05, 0.1) is 12.3 Å². The van der Waals surface area contributed by atoms with Gasteiger partial charge < -0.3 is 10.2 Å². The third-order valence-corrected chi connectivity index (χ3v) is 6.08. The van der Waals surface area contributed by atoms with Gasteiger partial charge in [-0.2, -0.15) is 9.97 Å². The lowest BCUT2D eigenvalue weighted by atomic mass is 10.4. The summed E-state index contributed by atoms with van der Waals surface area (Å²) in [5.41, 5.74) is -0.0146. The van der Waals surface area contributed by atoms with Crippen LogP contribution in [0.15, 0.2) is 9.95 Å². The third kappa shape index (κ3) is 3.08. The van der Waals surface area contributed by atoms with Crippen LogP contribution < -0.4 is 15.8 Å². The first-order valence-corrected chi connectivity index (χ1v) is 10.1. The molecule has 26 heavy (non-hydrogen) atoms. The largest absolute Gasteiger partial charge is 0.340 e. The van der Waals surface area contributed by atoms with Crippen molar-refractivity contribution < 1.29 is 8.42 Å². The van der Waals surface area contributed by atoms with E-state index >= 15 is 0 Å². The van der Waals surface area contributed by atoms with Gasteiger partial charge in [0.1, 0.15) is 0 Å². The minimum atomic E-state index is -3.64. The summed E-state index contributed by atoms with van der Waals surface area (Å²) >= 11 is 0. The molecule has 1 aliphatic heterocycles. The number of anilines is 1. The number of hydrogen-bond donors (Lipinski definition) is 1. The molecule has 1 saturated heterocycles. The normalized spacial score (nSPS) is 15.1. The maximum atomic E-state index is 12.9. The molecule has 0 amide bonds. The number of fused-ring (bicyclic) bond motifs is 1. The number of nitrogens with one attached hydrogen (secondary N) is 1. The van der Waals surface area contributed by atoms with Crippen LogP contribution in [0, 0.1) is 11.8 Å². The maximum Gasteiger partial charge on any atom is 0.280 e. The van der Waals surface area contributed by atoms with Crippen molar-refractivity contribution in [2.45, 2.75) is 25.5 Å². The maximum absolute atomic E-state index is 12.9. The highest BCUT2D eigenvalue weighted by atomic mass is 32.2. The van der Waals surface area contributed by atoms with Gasteiger partial charge in [0.15, 0.2) is 11.2 Å². The Bertz CT molecular complexity index is 1050. The van der Waals surface area contributed by atoms with Crippen LogP contribution in [0.4, 0.5) is 5.95 Å². The van der Waals surface area contributed by atoms with E-state index < -0.39 is 15.4 Å². The average molecular weight is 378 g/mol. The Hall–Kier alpha value is -2.38. The number of sulfone groups is 1. The molecule has 0 atom stereocenters. The lowest BCUT2D eigenvalue weighted by Gasteiger charge is -2.28. The first kappa shape index (κ1) is 18.4. The van der Waals surface area contributed by atoms with Crippen molar-refractivity contribution >= 4 is 26.9 Å². The summed E-state index contributed by atoms with van der Waals surface area (Å²) in [6, 6.07) is 0. The number of imidazole rings is 1. The van der Waals surface area contributed by atoms with E-state index in [1.165, 1.54) is 14.0 Å². The minimum absolute atomic E-state index is 0.133. The van der Waals surface area contributed by atoms with E-state index in [1.807, 2.05) is 0 Å². The van der Waals surface area contributed by atoms with Crippen molar-refractivity contribution in [3.05, 3.63) is 10.4 Å².